The van der Waals surface area contributed by atoms with Crippen LogP contribution in [0.25, 0.3) is 0 Å². The third-order valence-electron chi connectivity index (χ3n) is 4.53. The standard InChI is InChI=1S/C19H23N3O3S/c1-3-21-10-12-22(13-11-21)15-7-5-4-6-14(15)20-18(23)16-8-9-17(26-16)19(24)25-2/h4-9H,3,10-13H2,1-2H3,(H,20,23). The van der Waals surface area contributed by atoms with Crippen molar-refractivity contribution in [2.45, 2.75) is 6.92 Å². The first-order valence-corrected chi connectivity index (χ1v) is 9.50. The van der Waals surface area contributed by atoms with Gasteiger partial charge in [-0.3, -0.25) is 4.79 Å². The van der Waals surface area contributed by atoms with Crippen LogP contribution in [0.3, 0.4) is 0 Å². The number of carbonyl (C=O) groups is 2. The second-order valence-corrected chi connectivity index (χ2v) is 7.13. The van der Waals surface area contributed by atoms with E-state index in [4.69, 9.17) is 4.74 Å². The molecule has 2 aromatic rings. The van der Waals surface area contributed by atoms with Gasteiger partial charge in [0.25, 0.3) is 5.91 Å². The number of thiophene rings is 1. The van der Waals surface area contributed by atoms with Crippen LogP contribution in [-0.2, 0) is 4.74 Å². The van der Waals surface area contributed by atoms with E-state index in [0.717, 1.165) is 55.4 Å². The van der Waals surface area contributed by atoms with Crippen molar-refractivity contribution in [2.24, 2.45) is 0 Å². The lowest BCUT2D eigenvalue weighted by Gasteiger charge is -2.36. The van der Waals surface area contributed by atoms with E-state index >= 15 is 0 Å². The second kappa shape index (κ2) is 8.33. The normalized spacial score (nSPS) is 14.9. The molecule has 26 heavy (non-hydrogen) atoms. The lowest BCUT2D eigenvalue weighted by molar-refractivity contribution is 0.0606. The summed E-state index contributed by atoms with van der Waals surface area (Å²) in [7, 11) is 1.33. The molecule has 2 heterocycles. The lowest BCUT2D eigenvalue weighted by atomic mass is 10.2. The van der Waals surface area contributed by atoms with Crippen LogP contribution in [0.2, 0.25) is 0 Å². The van der Waals surface area contributed by atoms with Crippen molar-refractivity contribution >= 4 is 34.6 Å². The quantitative estimate of drug-likeness (QED) is 0.817. The highest BCUT2D eigenvalue weighted by Crippen LogP contribution is 2.28. The van der Waals surface area contributed by atoms with Gasteiger partial charge in [0.2, 0.25) is 0 Å². The summed E-state index contributed by atoms with van der Waals surface area (Å²) < 4.78 is 4.69. The van der Waals surface area contributed by atoms with Crippen molar-refractivity contribution in [1.29, 1.82) is 0 Å². The molecule has 1 aromatic carbocycles. The predicted octanol–water partition coefficient (Wildman–Crippen LogP) is 2.93. The van der Waals surface area contributed by atoms with Gasteiger partial charge in [0.15, 0.2) is 0 Å². The van der Waals surface area contributed by atoms with Crippen molar-refractivity contribution in [3.05, 3.63) is 46.2 Å². The minimum absolute atomic E-state index is 0.218. The summed E-state index contributed by atoms with van der Waals surface area (Å²) in [6, 6.07) is 11.1. The van der Waals surface area contributed by atoms with Gasteiger partial charge in [-0.1, -0.05) is 19.1 Å². The Bertz CT molecular complexity index is 782. The number of anilines is 2. The fourth-order valence-electron chi connectivity index (χ4n) is 3.01. The largest absolute Gasteiger partial charge is 0.465 e. The maximum atomic E-state index is 12.6. The van der Waals surface area contributed by atoms with Gasteiger partial charge in [-0.25, -0.2) is 4.79 Å². The van der Waals surface area contributed by atoms with E-state index in [1.54, 1.807) is 12.1 Å². The zero-order valence-electron chi connectivity index (χ0n) is 15.0. The van der Waals surface area contributed by atoms with E-state index < -0.39 is 5.97 Å². The van der Waals surface area contributed by atoms with Crippen molar-refractivity contribution in [1.82, 2.24) is 4.90 Å². The number of nitrogens with zero attached hydrogens (tertiary/aromatic N) is 2. The molecule has 0 atom stereocenters. The Kier molecular flexibility index (Phi) is 5.90. The molecule has 7 heteroatoms. The van der Waals surface area contributed by atoms with Gasteiger partial charge in [0.1, 0.15) is 4.88 Å². The summed E-state index contributed by atoms with van der Waals surface area (Å²) in [5.74, 6) is -0.645. The molecule has 1 N–H and O–H groups in total. The molecular formula is C19H23N3O3S. The average Bonchev–Trinajstić information content (AvgIpc) is 3.18. The molecule has 1 fully saturated rings. The molecule has 1 amide bonds. The number of esters is 1. The summed E-state index contributed by atoms with van der Waals surface area (Å²) in [6.07, 6.45) is 0. The second-order valence-electron chi connectivity index (χ2n) is 6.05. The Balaban J connectivity index is 1.73. The molecule has 0 unspecified atom stereocenters. The number of methoxy groups -OCH3 is 1. The van der Waals surface area contributed by atoms with Crippen molar-refractivity contribution < 1.29 is 14.3 Å². The molecule has 0 radical (unpaired) electrons. The van der Waals surface area contributed by atoms with Crippen LogP contribution in [0.1, 0.15) is 26.3 Å². The third kappa shape index (κ3) is 4.05. The first-order chi connectivity index (χ1) is 12.6. The van der Waals surface area contributed by atoms with Gasteiger partial charge in [0.05, 0.1) is 23.4 Å². The van der Waals surface area contributed by atoms with Gasteiger partial charge >= 0.3 is 5.97 Å². The number of carbonyl (C=O) groups excluding carboxylic acids is 2. The molecule has 1 saturated heterocycles. The Morgan fingerprint density at radius 2 is 1.77 bits per heavy atom. The molecule has 0 bridgehead atoms. The number of hydrogen-bond acceptors (Lipinski definition) is 6. The van der Waals surface area contributed by atoms with E-state index in [0.29, 0.717) is 9.75 Å². The number of nitrogens with one attached hydrogen (secondary N) is 1. The Hall–Kier alpha value is -2.38. The summed E-state index contributed by atoms with van der Waals surface area (Å²) in [5.41, 5.74) is 1.82. The monoisotopic (exact) mass is 373 g/mol. The number of ether oxygens (including phenoxy) is 1. The highest BCUT2D eigenvalue weighted by Gasteiger charge is 2.20. The summed E-state index contributed by atoms with van der Waals surface area (Å²) >= 11 is 1.13. The van der Waals surface area contributed by atoms with E-state index in [1.165, 1.54) is 7.11 Å². The number of hydrogen-bond donors (Lipinski definition) is 1. The maximum Gasteiger partial charge on any atom is 0.348 e. The number of amides is 1. The average molecular weight is 373 g/mol. The number of piperazine rings is 1. The van der Waals surface area contributed by atoms with Crippen LogP contribution in [0.5, 0.6) is 0 Å². The zero-order valence-corrected chi connectivity index (χ0v) is 15.8. The molecule has 0 aliphatic carbocycles. The Morgan fingerprint density at radius 3 is 2.46 bits per heavy atom. The Morgan fingerprint density at radius 1 is 1.08 bits per heavy atom. The highest BCUT2D eigenvalue weighted by atomic mass is 32.1. The van der Waals surface area contributed by atoms with Gasteiger partial charge in [-0.2, -0.15) is 0 Å². The highest BCUT2D eigenvalue weighted by molar-refractivity contribution is 7.16. The number of benzene rings is 1. The topological polar surface area (TPSA) is 61.9 Å². The van der Waals surface area contributed by atoms with E-state index in [-0.39, 0.29) is 5.91 Å². The van der Waals surface area contributed by atoms with Crippen LogP contribution >= 0.6 is 11.3 Å². The van der Waals surface area contributed by atoms with Gasteiger partial charge in [0, 0.05) is 26.2 Å². The van der Waals surface area contributed by atoms with Gasteiger partial charge < -0.3 is 19.9 Å². The summed E-state index contributed by atoms with van der Waals surface area (Å²) in [6.45, 7) is 7.15. The van der Waals surface area contributed by atoms with Crippen LogP contribution in [-0.4, -0.2) is 56.6 Å². The number of para-hydroxylation sites is 2. The zero-order chi connectivity index (χ0) is 18.5. The van der Waals surface area contributed by atoms with Crippen LogP contribution in [0, 0.1) is 0 Å². The fourth-order valence-corrected chi connectivity index (χ4v) is 3.83. The van der Waals surface area contributed by atoms with Gasteiger partial charge in [-0.05, 0) is 30.8 Å². The van der Waals surface area contributed by atoms with Crippen LogP contribution in [0.15, 0.2) is 36.4 Å². The fraction of sp³-hybridized carbons (Fsp3) is 0.368. The number of rotatable bonds is 5. The predicted molar refractivity (Wildman–Crippen MR) is 104 cm³/mol. The molecule has 6 nitrogen and oxygen atoms in total. The third-order valence-corrected chi connectivity index (χ3v) is 5.59. The first kappa shape index (κ1) is 18.4. The Labute approximate surface area is 157 Å². The molecule has 1 aliphatic rings. The molecule has 1 aliphatic heterocycles. The molecular weight excluding hydrogens is 350 g/mol. The van der Waals surface area contributed by atoms with Crippen molar-refractivity contribution in [3.8, 4) is 0 Å². The first-order valence-electron chi connectivity index (χ1n) is 8.68. The molecule has 3 rings (SSSR count). The lowest BCUT2D eigenvalue weighted by Crippen LogP contribution is -2.46. The molecule has 138 valence electrons. The van der Waals surface area contributed by atoms with Crippen molar-refractivity contribution in [3.63, 3.8) is 0 Å². The van der Waals surface area contributed by atoms with Gasteiger partial charge in [-0.15, -0.1) is 11.3 Å². The van der Waals surface area contributed by atoms with E-state index in [1.807, 2.05) is 24.3 Å². The summed E-state index contributed by atoms with van der Waals surface area (Å²) in [4.78, 5) is 29.8. The molecule has 0 saturated carbocycles. The summed E-state index contributed by atoms with van der Waals surface area (Å²) in [5, 5.41) is 2.98. The molecule has 0 spiro atoms. The number of likely N-dealkylation sites (N-methyl/N-ethyl adjacent to an activating group) is 1. The van der Waals surface area contributed by atoms with Crippen LogP contribution in [0.4, 0.5) is 11.4 Å². The van der Waals surface area contributed by atoms with E-state index in [2.05, 4.69) is 22.0 Å². The SMILES string of the molecule is CCN1CCN(c2ccccc2NC(=O)c2ccc(C(=O)OC)s2)CC1. The minimum Gasteiger partial charge on any atom is -0.465 e. The maximum absolute atomic E-state index is 12.6. The smallest absolute Gasteiger partial charge is 0.348 e. The van der Waals surface area contributed by atoms with Crippen LogP contribution < -0.4 is 10.2 Å². The van der Waals surface area contributed by atoms with E-state index in [9.17, 15) is 9.59 Å². The molecule has 1 aromatic heterocycles. The van der Waals surface area contributed by atoms with Crippen molar-refractivity contribution in [2.75, 3.05) is 50.1 Å². The minimum atomic E-state index is -0.428.